The maximum Gasteiger partial charge on any atom is 0.265 e. The number of halogens is 1. The third-order valence-corrected chi connectivity index (χ3v) is 6.62. The molecule has 1 aliphatic rings. The Morgan fingerprint density at radius 2 is 1.97 bits per heavy atom. The first-order valence-electron chi connectivity index (χ1n) is 9.19. The lowest BCUT2D eigenvalue weighted by Gasteiger charge is -2.20. The number of amides is 1. The van der Waals surface area contributed by atoms with Crippen LogP contribution in [0, 0.1) is 0 Å². The molecule has 1 fully saturated rings. The van der Waals surface area contributed by atoms with E-state index in [1.54, 1.807) is 24.3 Å². The second kappa shape index (κ2) is 9.15. The van der Waals surface area contributed by atoms with E-state index >= 15 is 0 Å². The Morgan fingerprint density at radius 3 is 2.59 bits per heavy atom. The van der Waals surface area contributed by atoms with Gasteiger partial charge in [-0.1, -0.05) is 15.9 Å². The van der Waals surface area contributed by atoms with Gasteiger partial charge in [0.1, 0.15) is 10.6 Å². The number of carbonyl (C=O) groups is 1. The summed E-state index contributed by atoms with van der Waals surface area (Å²) in [5.74, 6) is -0.214. The predicted octanol–water partition coefficient (Wildman–Crippen LogP) is 3.56. The van der Waals surface area contributed by atoms with Crippen LogP contribution in [0.25, 0.3) is 0 Å². The highest BCUT2D eigenvalue weighted by atomic mass is 79.9. The molecule has 1 amide bonds. The van der Waals surface area contributed by atoms with E-state index in [4.69, 9.17) is 9.47 Å². The standard InChI is InChI=1S/C20H23BrN2O5S/c1-13(17-4-3-11-28-17)22-20(24)14-5-10-18(27-2)19(12-14)29(25,26)23-16-8-6-15(21)7-9-16/h5-10,12-13,17,23H,3-4,11H2,1-2H3,(H,22,24). The molecule has 0 aliphatic carbocycles. The zero-order chi connectivity index (χ0) is 21.0. The topological polar surface area (TPSA) is 93.7 Å². The van der Waals surface area contributed by atoms with Crippen molar-refractivity contribution in [1.29, 1.82) is 0 Å². The van der Waals surface area contributed by atoms with E-state index in [1.165, 1.54) is 25.3 Å². The molecular formula is C20H23BrN2O5S. The fraction of sp³-hybridized carbons (Fsp3) is 0.350. The van der Waals surface area contributed by atoms with E-state index in [-0.39, 0.29) is 34.3 Å². The van der Waals surface area contributed by atoms with Crippen molar-refractivity contribution in [2.45, 2.75) is 36.8 Å². The molecule has 9 heteroatoms. The Bertz CT molecular complexity index is 973. The first-order chi connectivity index (χ1) is 13.8. The first kappa shape index (κ1) is 21.6. The van der Waals surface area contributed by atoms with Crippen LogP contribution in [-0.4, -0.2) is 40.2 Å². The molecule has 2 aromatic rings. The van der Waals surface area contributed by atoms with Gasteiger partial charge in [-0.2, -0.15) is 0 Å². The van der Waals surface area contributed by atoms with Crippen molar-refractivity contribution in [3.8, 4) is 5.75 Å². The van der Waals surface area contributed by atoms with Gasteiger partial charge in [-0.05, 0) is 62.2 Å². The average molecular weight is 483 g/mol. The summed E-state index contributed by atoms with van der Waals surface area (Å²) >= 11 is 3.31. The monoisotopic (exact) mass is 482 g/mol. The van der Waals surface area contributed by atoms with Crippen molar-refractivity contribution >= 4 is 37.5 Å². The van der Waals surface area contributed by atoms with Gasteiger partial charge in [0.15, 0.2) is 0 Å². The molecule has 0 aromatic heterocycles. The fourth-order valence-electron chi connectivity index (χ4n) is 3.14. The second-order valence-corrected chi connectivity index (χ2v) is 9.36. The molecule has 2 unspecified atom stereocenters. The van der Waals surface area contributed by atoms with Gasteiger partial charge in [0.25, 0.3) is 15.9 Å². The quantitative estimate of drug-likeness (QED) is 0.629. The molecule has 0 bridgehead atoms. The molecule has 0 radical (unpaired) electrons. The smallest absolute Gasteiger partial charge is 0.265 e. The van der Waals surface area contributed by atoms with Gasteiger partial charge in [-0.3, -0.25) is 9.52 Å². The molecule has 1 heterocycles. The highest BCUT2D eigenvalue weighted by Crippen LogP contribution is 2.28. The van der Waals surface area contributed by atoms with E-state index in [1.807, 2.05) is 6.92 Å². The average Bonchev–Trinajstić information content (AvgIpc) is 3.24. The Kier molecular flexibility index (Phi) is 6.81. The zero-order valence-corrected chi connectivity index (χ0v) is 18.5. The lowest BCUT2D eigenvalue weighted by atomic mass is 10.1. The normalized spacial score (nSPS) is 17.6. The minimum absolute atomic E-state index is 0.0283. The Balaban J connectivity index is 1.83. The number of hydrogen-bond donors (Lipinski definition) is 2. The number of hydrogen-bond acceptors (Lipinski definition) is 5. The second-order valence-electron chi connectivity index (χ2n) is 6.79. The number of methoxy groups -OCH3 is 1. The van der Waals surface area contributed by atoms with Crippen LogP contribution in [0.4, 0.5) is 5.69 Å². The molecule has 0 saturated carbocycles. The molecule has 3 rings (SSSR count). The van der Waals surface area contributed by atoms with Gasteiger partial charge in [-0.25, -0.2) is 8.42 Å². The molecule has 2 N–H and O–H groups in total. The van der Waals surface area contributed by atoms with Crippen LogP contribution in [0.1, 0.15) is 30.1 Å². The number of anilines is 1. The fourth-order valence-corrected chi connectivity index (χ4v) is 4.65. The molecule has 2 atom stereocenters. The number of carbonyl (C=O) groups excluding carboxylic acids is 1. The van der Waals surface area contributed by atoms with Gasteiger partial charge in [0, 0.05) is 22.3 Å². The number of sulfonamides is 1. The summed E-state index contributed by atoms with van der Waals surface area (Å²) in [4.78, 5) is 12.5. The summed E-state index contributed by atoms with van der Waals surface area (Å²) in [5, 5.41) is 2.88. The van der Waals surface area contributed by atoms with E-state index in [9.17, 15) is 13.2 Å². The van der Waals surface area contributed by atoms with Gasteiger partial charge in [0.05, 0.1) is 19.3 Å². The van der Waals surface area contributed by atoms with Crippen LogP contribution >= 0.6 is 15.9 Å². The minimum atomic E-state index is -3.96. The van der Waals surface area contributed by atoms with Crippen molar-refractivity contribution in [1.82, 2.24) is 5.32 Å². The van der Waals surface area contributed by atoms with E-state index < -0.39 is 10.0 Å². The highest BCUT2D eigenvalue weighted by Gasteiger charge is 2.26. The maximum absolute atomic E-state index is 12.9. The Hall–Kier alpha value is -2.10. The van der Waals surface area contributed by atoms with Crippen LogP contribution in [0.3, 0.4) is 0 Å². The lowest BCUT2D eigenvalue weighted by Crippen LogP contribution is -2.40. The lowest BCUT2D eigenvalue weighted by molar-refractivity contribution is 0.0712. The summed E-state index contributed by atoms with van der Waals surface area (Å²) in [7, 11) is -2.58. The third kappa shape index (κ3) is 5.29. The molecule has 7 nitrogen and oxygen atoms in total. The zero-order valence-electron chi connectivity index (χ0n) is 16.1. The van der Waals surface area contributed by atoms with Crippen molar-refractivity contribution in [3.05, 3.63) is 52.5 Å². The molecule has 1 aliphatic heterocycles. The van der Waals surface area contributed by atoms with Gasteiger partial charge in [-0.15, -0.1) is 0 Å². The number of ether oxygens (including phenoxy) is 2. The Morgan fingerprint density at radius 1 is 1.24 bits per heavy atom. The minimum Gasteiger partial charge on any atom is -0.495 e. The molecule has 156 valence electrons. The number of rotatable bonds is 7. The van der Waals surface area contributed by atoms with Gasteiger partial charge in [0.2, 0.25) is 0 Å². The van der Waals surface area contributed by atoms with Crippen LogP contribution in [0.5, 0.6) is 5.75 Å². The van der Waals surface area contributed by atoms with Gasteiger partial charge >= 0.3 is 0 Å². The van der Waals surface area contributed by atoms with Crippen LogP contribution in [0.15, 0.2) is 51.8 Å². The summed E-state index contributed by atoms with van der Waals surface area (Å²) < 4.78 is 40.0. The third-order valence-electron chi connectivity index (χ3n) is 4.69. The molecular weight excluding hydrogens is 460 g/mol. The summed E-state index contributed by atoms with van der Waals surface area (Å²) in [6, 6.07) is 10.9. The van der Waals surface area contributed by atoms with Crippen molar-refractivity contribution < 1.29 is 22.7 Å². The van der Waals surface area contributed by atoms with Crippen LogP contribution in [-0.2, 0) is 14.8 Å². The van der Waals surface area contributed by atoms with Crippen molar-refractivity contribution in [2.24, 2.45) is 0 Å². The summed E-state index contributed by atoms with van der Waals surface area (Å²) in [6.07, 6.45) is 1.83. The van der Waals surface area contributed by atoms with E-state index in [0.717, 1.165) is 17.3 Å². The SMILES string of the molecule is COc1ccc(C(=O)NC(C)C2CCCO2)cc1S(=O)(=O)Nc1ccc(Br)cc1. The van der Waals surface area contributed by atoms with Gasteiger partial charge < -0.3 is 14.8 Å². The predicted molar refractivity (Wildman–Crippen MR) is 114 cm³/mol. The Labute approximate surface area is 179 Å². The first-order valence-corrected chi connectivity index (χ1v) is 11.5. The summed E-state index contributed by atoms with van der Waals surface area (Å²) in [6.45, 7) is 2.57. The molecule has 1 saturated heterocycles. The molecule has 29 heavy (non-hydrogen) atoms. The largest absolute Gasteiger partial charge is 0.495 e. The highest BCUT2D eigenvalue weighted by molar-refractivity contribution is 9.10. The van der Waals surface area contributed by atoms with E-state index in [0.29, 0.717) is 12.3 Å². The van der Waals surface area contributed by atoms with E-state index in [2.05, 4.69) is 26.0 Å². The molecule has 2 aromatic carbocycles. The van der Waals surface area contributed by atoms with Crippen LogP contribution in [0.2, 0.25) is 0 Å². The number of nitrogens with one attached hydrogen (secondary N) is 2. The number of benzene rings is 2. The maximum atomic E-state index is 12.9. The summed E-state index contributed by atoms with van der Waals surface area (Å²) in [5.41, 5.74) is 0.629. The van der Waals surface area contributed by atoms with Crippen molar-refractivity contribution in [2.75, 3.05) is 18.4 Å². The van der Waals surface area contributed by atoms with Crippen LogP contribution < -0.4 is 14.8 Å². The molecule has 0 spiro atoms. The van der Waals surface area contributed by atoms with Crippen molar-refractivity contribution in [3.63, 3.8) is 0 Å².